The molecule has 0 amide bonds. The fourth-order valence-electron chi connectivity index (χ4n) is 1.57. The summed E-state index contributed by atoms with van der Waals surface area (Å²) in [6, 6.07) is 3.48. The molecule has 1 aromatic rings. The molecule has 1 aromatic carbocycles. The van der Waals surface area contributed by atoms with Crippen molar-refractivity contribution in [3.63, 3.8) is 0 Å². The van der Waals surface area contributed by atoms with Gasteiger partial charge in [0.1, 0.15) is 0 Å². The second-order valence-corrected chi connectivity index (χ2v) is 3.77. The van der Waals surface area contributed by atoms with Crippen molar-refractivity contribution in [1.29, 1.82) is 0 Å². The first-order chi connectivity index (χ1) is 8.76. The number of aliphatic hydroxyl groups is 1. The third-order valence-corrected chi connectivity index (χ3v) is 2.50. The molecule has 0 saturated carbocycles. The average molecular weight is 252 g/mol. The lowest BCUT2D eigenvalue weighted by molar-refractivity contribution is 0.264. The van der Waals surface area contributed by atoms with Gasteiger partial charge in [-0.3, -0.25) is 0 Å². The third-order valence-electron chi connectivity index (χ3n) is 2.50. The molecule has 0 atom stereocenters. The summed E-state index contributed by atoms with van der Waals surface area (Å²) in [6.45, 7) is 4.16. The molecule has 0 spiro atoms. The molecule has 0 aromatic heterocycles. The predicted molar refractivity (Wildman–Crippen MR) is 70.4 cm³/mol. The number of hydrogen-bond donors (Lipinski definition) is 1. The van der Waals surface area contributed by atoms with E-state index in [9.17, 15) is 0 Å². The summed E-state index contributed by atoms with van der Waals surface area (Å²) in [7, 11) is 3.12. The molecule has 0 aliphatic carbocycles. The number of aliphatic hydroxyl groups excluding tert-OH is 1. The van der Waals surface area contributed by atoms with Crippen LogP contribution in [0.1, 0.15) is 18.4 Å². The molecule has 4 nitrogen and oxygen atoms in total. The van der Waals surface area contributed by atoms with Gasteiger partial charge in [-0.1, -0.05) is 6.08 Å². The maximum absolute atomic E-state index is 9.15. The van der Waals surface area contributed by atoms with Gasteiger partial charge in [-0.2, -0.15) is 0 Å². The quantitative estimate of drug-likeness (QED) is 0.570. The van der Waals surface area contributed by atoms with Crippen molar-refractivity contribution >= 4 is 0 Å². The topological polar surface area (TPSA) is 47.9 Å². The average Bonchev–Trinajstić information content (AvgIpc) is 2.42. The zero-order valence-electron chi connectivity index (χ0n) is 10.9. The van der Waals surface area contributed by atoms with Gasteiger partial charge in [0, 0.05) is 0 Å². The van der Waals surface area contributed by atoms with E-state index < -0.39 is 0 Å². The maximum Gasteiger partial charge on any atom is 0.203 e. The standard InChI is InChI=1S/C14H20O4/c1-4-5-6-7-18-14-12(16-2)8-11(10-15)9-13(14)17-3/h4,8-9,15H,1,5-7,10H2,2-3H3. The van der Waals surface area contributed by atoms with Crippen LogP contribution in [0.5, 0.6) is 17.2 Å². The van der Waals surface area contributed by atoms with E-state index in [0.29, 0.717) is 23.9 Å². The van der Waals surface area contributed by atoms with E-state index in [1.54, 1.807) is 26.4 Å². The van der Waals surface area contributed by atoms with Crippen LogP contribution in [-0.2, 0) is 6.61 Å². The molecule has 0 fully saturated rings. The SMILES string of the molecule is C=CCCCOc1c(OC)cc(CO)cc1OC. The van der Waals surface area contributed by atoms with Crippen LogP contribution in [0, 0.1) is 0 Å². The van der Waals surface area contributed by atoms with Crippen molar-refractivity contribution in [2.45, 2.75) is 19.4 Å². The summed E-state index contributed by atoms with van der Waals surface area (Å²) < 4.78 is 16.2. The molecule has 0 radical (unpaired) electrons. The Kier molecular flexibility index (Phi) is 6.08. The molecule has 0 aliphatic rings. The van der Waals surface area contributed by atoms with Crippen LogP contribution in [0.2, 0.25) is 0 Å². The van der Waals surface area contributed by atoms with Crippen LogP contribution in [0.3, 0.4) is 0 Å². The van der Waals surface area contributed by atoms with Crippen molar-refractivity contribution in [2.75, 3.05) is 20.8 Å². The van der Waals surface area contributed by atoms with Gasteiger partial charge < -0.3 is 19.3 Å². The van der Waals surface area contributed by atoms with Gasteiger partial charge in [0.05, 0.1) is 27.4 Å². The zero-order chi connectivity index (χ0) is 13.4. The Balaban J connectivity index is 2.88. The smallest absolute Gasteiger partial charge is 0.203 e. The van der Waals surface area contributed by atoms with Gasteiger partial charge in [0.25, 0.3) is 0 Å². The highest BCUT2D eigenvalue weighted by atomic mass is 16.5. The summed E-state index contributed by atoms with van der Waals surface area (Å²) in [6.07, 6.45) is 3.64. The minimum Gasteiger partial charge on any atom is -0.493 e. The highest BCUT2D eigenvalue weighted by molar-refractivity contribution is 5.53. The number of unbranched alkanes of at least 4 members (excludes halogenated alkanes) is 1. The van der Waals surface area contributed by atoms with Crippen molar-refractivity contribution < 1.29 is 19.3 Å². The number of hydrogen-bond acceptors (Lipinski definition) is 4. The Bertz CT molecular complexity index is 362. The van der Waals surface area contributed by atoms with Gasteiger partial charge >= 0.3 is 0 Å². The van der Waals surface area contributed by atoms with Gasteiger partial charge in [-0.05, 0) is 30.5 Å². The summed E-state index contributed by atoms with van der Waals surface area (Å²) in [4.78, 5) is 0. The largest absolute Gasteiger partial charge is 0.493 e. The Morgan fingerprint density at radius 3 is 2.28 bits per heavy atom. The van der Waals surface area contributed by atoms with Gasteiger partial charge in [0.2, 0.25) is 5.75 Å². The third kappa shape index (κ3) is 3.67. The van der Waals surface area contributed by atoms with Crippen LogP contribution >= 0.6 is 0 Å². The second-order valence-electron chi connectivity index (χ2n) is 3.77. The molecular weight excluding hydrogens is 232 g/mol. The van der Waals surface area contributed by atoms with Crippen molar-refractivity contribution in [3.05, 3.63) is 30.4 Å². The van der Waals surface area contributed by atoms with E-state index in [4.69, 9.17) is 19.3 Å². The maximum atomic E-state index is 9.15. The highest BCUT2D eigenvalue weighted by Gasteiger charge is 2.13. The minimum atomic E-state index is -0.0660. The van der Waals surface area contributed by atoms with Crippen molar-refractivity contribution in [1.82, 2.24) is 0 Å². The first-order valence-corrected chi connectivity index (χ1v) is 5.86. The van der Waals surface area contributed by atoms with E-state index >= 15 is 0 Å². The van der Waals surface area contributed by atoms with Crippen LogP contribution in [0.15, 0.2) is 24.8 Å². The van der Waals surface area contributed by atoms with Gasteiger partial charge in [-0.15, -0.1) is 6.58 Å². The lowest BCUT2D eigenvalue weighted by Crippen LogP contribution is -2.02. The van der Waals surface area contributed by atoms with Gasteiger partial charge in [-0.25, -0.2) is 0 Å². The summed E-state index contributed by atoms with van der Waals surface area (Å²) in [5, 5.41) is 9.15. The van der Waals surface area contributed by atoms with Crippen LogP contribution < -0.4 is 14.2 Å². The van der Waals surface area contributed by atoms with E-state index in [1.807, 2.05) is 6.08 Å². The molecule has 4 heteroatoms. The number of allylic oxidation sites excluding steroid dienone is 1. The Hall–Kier alpha value is -1.68. The lowest BCUT2D eigenvalue weighted by atomic mass is 10.2. The monoisotopic (exact) mass is 252 g/mol. The Morgan fingerprint density at radius 2 is 1.83 bits per heavy atom. The number of ether oxygens (including phenoxy) is 3. The first kappa shape index (κ1) is 14.4. The van der Waals surface area contributed by atoms with Crippen LogP contribution in [-0.4, -0.2) is 25.9 Å². The number of rotatable bonds is 8. The van der Waals surface area contributed by atoms with Crippen LogP contribution in [0.25, 0.3) is 0 Å². The first-order valence-electron chi connectivity index (χ1n) is 5.86. The van der Waals surface area contributed by atoms with E-state index in [1.165, 1.54) is 0 Å². The highest BCUT2D eigenvalue weighted by Crippen LogP contribution is 2.38. The normalized spacial score (nSPS) is 9.94. The molecule has 0 aliphatic heterocycles. The molecule has 0 saturated heterocycles. The van der Waals surface area contributed by atoms with Crippen molar-refractivity contribution in [3.8, 4) is 17.2 Å². The summed E-state index contributed by atoms with van der Waals surface area (Å²) >= 11 is 0. The molecule has 0 unspecified atom stereocenters. The van der Waals surface area contributed by atoms with Gasteiger partial charge in [0.15, 0.2) is 11.5 Å². The van der Waals surface area contributed by atoms with E-state index in [-0.39, 0.29) is 6.61 Å². The number of benzene rings is 1. The van der Waals surface area contributed by atoms with Crippen molar-refractivity contribution in [2.24, 2.45) is 0 Å². The zero-order valence-corrected chi connectivity index (χ0v) is 10.9. The molecule has 0 bridgehead atoms. The second kappa shape index (κ2) is 7.61. The lowest BCUT2D eigenvalue weighted by Gasteiger charge is -2.15. The fraction of sp³-hybridized carbons (Fsp3) is 0.429. The summed E-state index contributed by atoms with van der Waals surface area (Å²) in [5.41, 5.74) is 0.724. The fourth-order valence-corrected chi connectivity index (χ4v) is 1.57. The van der Waals surface area contributed by atoms with E-state index in [0.717, 1.165) is 18.4 Å². The molecule has 1 rings (SSSR count). The molecule has 1 N–H and O–H groups in total. The Labute approximate surface area is 108 Å². The molecular formula is C14H20O4. The Morgan fingerprint density at radius 1 is 1.22 bits per heavy atom. The number of methoxy groups -OCH3 is 2. The minimum absolute atomic E-state index is 0.0660. The summed E-state index contributed by atoms with van der Waals surface area (Å²) in [5.74, 6) is 1.70. The predicted octanol–water partition coefficient (Wildman–Crippen LogP) is 2.54. The van der Waals surface area contributed by atoms with Crippen LogP contribution in [0.4, 0.5) is 0 Å². The van der Waals surface area contributed by atoms with E-state index in [2.05, 4.69) is 6.58 Å². The molecule has 18 heavy (non-hydrogen) atoms. The molecule has 100 valence electrons. The molecule has 0 heterocycles.